The zero-order valence-electron chi connectivity index (χ0n) is 21.4. The molecule has 2 saturated heterocycles. The highest BCUT2D eigenvalue weighted by Gasteiger charge is 2.56. The minimum atomic E-state index is -0.749. The lowest BCUT2D eigenvalue weighted by Gasteiger charge is -2.42. The first-order valence-corrected chi connectivity index (χ1v) is 12.8. The zero-order chi connectivity index (χ0) is 26.8. The summed E-state index contributed by atoms with van der Waals surface area (Å²) in [6.07, 6.45) is 0.664. The largest absolute Gasteiger partial charge is 0.351 e. The molecule has 2 fully saturated rings. The molecular weight excluding hydrogens is 487 g/mol. The third kappa shape index (κ3) is 3.91. The number of para-hydroxylation sites is 2. The van der Waals surface area contributed by atoms with E-state index in [1.54, 1.807) is 17.0 Å². The SMILES string of the molecule is CC(C)C(NC(=O)c1cc2cc(F)ccc2[nH]1)C(=O)N1CC2CC1(C)CN2C(=O)c1nc2ccccc2[nH]1. The predicted octanol–water partition coefficient (Wildman–Crippen LogP) is 3.45. The first kappa shape index (κ1) is 24.1. The number of imidazole rings is 1. The van der Waals surface area contributed by atoms with Crippen molar-refractivity contribution in [3.63, 3.8) is 0 Å². The second-order valence-electron chi connectivity index (χ2n) is 10.9. The molecule has 0 radical (unpaired) electrons. The maximum absolute atomic E-state index is 13.8. The van der Waals surface area contributed by atoms with Gasteiger partial charge in [0, 0.05) is 24.0 Å². The summed E-state index contributed by atoms with van der Waals surface area (Å²) in [5, 5.41) is 3.47. The molecule has 10 heteroatoms. The Morgan fingerprint density at radius 3 is 2.61 bits per heavy atom. The molecule has 9 nitrogen and oxygen atoms in total. The van der Waals surface area contributed by atoms with Gasteiger partial charge in [-0.1, -0.05) is 26.0 Å². The van der Waals surface area contributed by atoms with E-state index in [4.69, 9.17) is 0 Å². The molecule has 0 saturated carbocycles. The number of fused-ring (bicyclic) bond motifs is 4. The van der Waals surface area contributed by atoms with Gasteiger partial charge in [0.1, 0.15) is 17.6 Å². The molecule has 3 atom stereocenters. The van der Waals surface area contributed by atoms with Crippen LogP contribution in [0.2, 0.25) is 0 Å². The van der Waals surface area contributed by atoms with E-state index in [9.17, 15) is 18.8 Å². The summed E-state index contributed by atoms with van der Waals surface area (Å²) in [4.78, 5) is 54.3. The molecule has 2 bridgehead atoms. The lowest BCUT2D eigenvalue weighted by molar-refractivity contribution is -0.139. The summed E-state index contributed by atoms with van der Waals surface area (Å²) in [6.45, 7) is 6.55. The Balaban J connectivity index is 1.17. The van der Waals surface area contributed by atoms with Gasteiger partial charge >= 0.3 is 0 Å². The molecule has 38 heavy (non-hydrogen) atoms. The summed E-state index contributed by atoms with van der Waals surface area (Å²) in [7, 11) is 0. The van der Waals surface area contributed by atoms with Crippen LogP contribution in [0, 0.1) is 11.7 Å². The maximum atomic E-state index is 13.8. The molecule has 2 aromatic carbocycles. The third-order valence-electron chi connectivity index (χ3n) is 7.84. The number of nitrogens with zero attached hydrogens (tertiary/aromatic N) is 3. The third-order valence-corrected chi connectivity index (χ3v) is 7.84. The molecule has 4 aromatic rings. The van der Waals surface area contributed by atoms with Crippen molar-refractivity contribution in [2.75, 3.05) is 13.1 Å². The molecule has 6 rings (SSSR count). The first-order valence-electron chi connectivity index (χ1n) is 12.8. The van der Waals surface area contributed by atoms with Crippen LogP contribution in [-0.4, -0.2) is 73.2 Å². The van der Waals surface area contributed by atoms with Crippen LogP contribution in [0.1, 0.15) is 48.3 Å². The highest BCUT2D eigenvalue weighted by atomic mass is 19.1. The molecule has 4 heterocycles. The Kier molecular flexibility index (Phi) is 5.51. The van der Waals surface area contributed by atoms with Crippen molar-refractivity contribution in [1.29, 1.82) is 0 Å². The lowest BCUT2D eigenvalue weighted by Crippen LogP contribution is -2.61. The van der Waals surface area contributed by atoms with E-state index in [1.165, 1.54) is 12.1 Å². The number of amides is 3. The van der Waals surface area contributed by atoms with Crippen LogP contribution in [0.15, 0.2) is 48.5 Å². The number of hydrogen-bond donors (Lipinski definition) is 3. The van der Waals surface area contributed by atoms with E-state index in [1.807, 2.05) is 49.9 Å². The van der Waals surface area contributed by atoms with E-state index in [2.05, 4.69) is 20.3 Å². The fraction of sp³-hybridized carbons (Fsp3) is 0.357. The summed E-state index contributed by atoms with van der Waals surface area (Å²) in [5.41, 5.74) is 1.90. The highest BCUT2D eigenvalue weighted by molar-refractivity contribution is 6.00. The van der Waals surface area contributed by atoms with Crippen molar-refractivity contribution in [2.45, 2.75) is 44.8 Å². The fourth-order valence-electron chi connectivity index (χ4n) is 5.88. The van der Waals surface area contributed by atoms with Gasteiger partial charge in [0.05, 0.1) is 22.6 Å². The number of hydrogen-bond acceptors (Lipinski definition) is 4. The highest BCUT2D eigenvalue weighted by Crippen LogP contribution is 2.41. The van der Waals surface area contributed by atoms with Crippen LogP contribution in [0.5, 0.6) is 0 Å². The first-order chi connectivity index (χ1) is 18.1. The van der Waals surface area contributed by atoms with E-state index in [0.717, 1.165) is 11.0 Å². The molecule has 196 valence electrons. The summed E-state index contributed by atoms with van der Waals surface area (Å²) < 4.78 is 13.6. The lowest BCUT2D eigenvalue weighted by atomic mass is 9.97. The number of benzene rings is 2. The summed E-state index contributed by atoms with van der Waals surface area (Å²) in [5.74, 6) is -1.02. The minimum absolute atomic E-state index is 0.128. The second-order valence-corrected chi connectivity index (χ2v) is 10.9. The maximum Gasteiger partial charge on any atom is 0.290 e. The van der Waals surface area contributed by atoms with Gasteiger partial charge in [-0.3, -0.25) is 14.4 Å². The molecule has 3 unspecified atom stereocenters. The van der Waals surface area contributed by atoms with Gasteiger partial charge in [-0.05, 0) is 55.7 Å². The van der Waals surface area contributed by atoms with Crippen molar-refractivity contribution >= 4 is 39.7 Å². The van der Waals surface area contributed by atoms with Crippen LogP contribution in [0.25, 0.3) is 21.9 Å². The van der Waals surface area contributed by atoms with Crippen LogP contribution in [0.4, 0.5) is 4.39 Å². The van der Waals surface area contributed by atoms with Crippen molar-refractivity contribution in [3.8, 4) is 0 Å². The number of rotatable bonds is 5. The Hall–Kier alpha value is -4.21. The van der Waals surface area contributed by atoms with Gasteiger partial charge in [0.15, 0.2) is 5.82 Å². The number of carbonyl (C=O) groups excluding carboxylic acids is 3. The Labute approximate surface area is 218 Å². The monoisotopic (exact) mass is 516 g/mol. The Bertz CT molecular complexity index is 1560. The molecule has 0 aliphatic carbocycles. The quantitative estimate of drug-likeness (QED) is 0.377. The zero-order valence-corrected chi connectivity index (χ0v) is 21.4. The molecule has 3 N–H and O–H groups in total. The molecule has 0 spiro atoms. The van der Waals surface area contributed by atoms with Gasteiger partial charge in [0.25, 0.3) is 11.8 Å². The van der Waals surface area contributed by atoms with Crippen LogP contribution in [-0.2, 0) is 4.79 Å². The summed E-state index contributed by atoms with van der Waals surface area (Å²) in [6, 6.07) is 12.5. The number of aromatic nitrogens is 3. The Morgan fingerprint density at radius 2 is 1.89 bits per heavy atom. The number of piperazine rings is 1. The van der Waals surface area contributed by atoms with Crippen LogP contribution >= 0.6 is 0 Å². The van der Waals surface area contributed by atoms with Gasteiger partial charge in [-0.15, -0.1) is 0 Å². The molecule has 2 aromatic heterocycles. The smallest absolute Gasteiger partial charge is 0.290 e. The Morgan fingerprint density at radius 1 is 1.11 bits per heavy atom. The summed E-state index contributed by atoms with van der Waals surface area (Å²) >= 11 is 0. The average molecular weight is 517 g/mol. The molecular formula is C28H29FN6O3. The van der Waals surface area contributed by atoms with Gasteiger partial charge in [-0.2, -0.15) is 0 Å². The van der Waals surface area contributed by atoms with Crippen molar-refractivity contribution in [1.82, 2.24) is 30.1 Å². The van der Waals surface area contributed by atoms with E-state index in [0.29, 0.717) is 36.2 Å². The van der Waals surface area contributed by atoms with Crippen molar-refractivity contribution in [3.05, 3.63) is 65.9 Å². The minimum Gasteiger partial charge on any atom is -0.351 e. The second kappa shape index (κ2) is 8.68. The van der Waals surface area contributed by atoms with Gasteiger partial charge < -0.3 is 25.1 Å². The number of carbonyl (C=O) groups is 3. The number of aromatic amines is 2. The normalized spacial score (nSPS) is 21.6. The van der Waals surface area contributed by atoms with Crippen molar-refractivity contribution in [2.24, 2.45) is 5.92 Å². The van der Waals surface area contributed by atoms with Crippen LogP contribution < -0.4 is 5.32 Å². The standard InChI is InChI=1S/C28H29FN6O3/c1-15(2)23(33-25(36)22-11-16-10-17(29)8-9-19(16)30-22)26(37)35-13-18-12-28(35,3)14-34(18)27(38)24-31-20-6-4-5-7-21(20)32-24/h4-11,15,18,23,30H,12-14H2,1-3H3,(H,31,32)(H,33,36). The van der Waals surface area contributed by atoms with E-state index >= 15 is 0 Å². The number of H-pyrrole nitrogens is 2. The van der Waals surface area contributed by atoms with E-state index < -0.39 is 17.5 Å². The number of halogens is 1. The van der Waals surface area contributed by atoms with Gasteiger partial charge in [0.2, 0.25) is 5.91 Å². The average Bonchev–Trinajstić information content (AvgIpc) is 3.65. The van der Waals surface area contributed by atoms with Gasteiger partial charge in [-0.25, -0.2) is 9.37 Å². The fourth-order valence-corrected chi connectivity index (χ4v) is 5.88. The van der Waals surface area contributed by atoms with E-state index in [-0.39, 0.29) is 35.3 Å². The molecule has 2 aliphatic heterocycles. The topological polar surface area (TPSA) is 114 Å². The number of likely N-dealkylation sites (tertiary alicyclic amines) is 2. The molecule has 3 amide bonds. The number of nitrogens with one attached hydrogen (secondary N) is 3. The molecule has 2 aliphatic rings. The van der Waals surface area contributed by atoms with Crippen LogP contribution in [0.3, 0.4) is 0 Å². The predicted molar refractivity (Wildman–Crippen MR) is 140 cm³/mol. The van der Waals surface area contributed by atoms with Crippen molar-refractivity contribution < 1.29 is 18.8 Å².